The molecule has 1 fully saturated rings. The van der Waals surface area contributed by atoms with E-state index < -0.39 is 11.4 Å². The summed E-state index contributed by atoms with van der Waals surface area (Å²) >= 11 is 0. The zero-order chi connectivity index (χ0) is 20.0. The minimum absolute atomic E-state index is 0. The molecule has 2 aromatic carbocycles. The second-order valence-corrected chi connectivity index (χ2v) is 7.29. The lowest BCUT2D eigenvalue weighted by Crippen LogP contribution is -2.28. The number of aromatic nitrogens is 1. The van der Waals surface area contributed by atoms with Crippen LogP contribution in [0.3, 0.4) is 0 Å². The Hall–Kier alpha value is -3.48. The molecule has 0 radical (unpaired) electrons. The summed E-state index contributed by atoms with van der Waals surface area (Å²) in [5, 5.41) is 3.85. The van der Waals surface area contributed by atoms with Crippen LogP contribution in [0.5, 0.6) is 11.5 Å². The number of carbonyl (C=O) groups is 2. The lowest BCUT2D eigenvalue weighted by Gasteiger charge is -2.18. The van der Waals surface area contributed by atoms with Gasteiger partial charge in [0.05, 0.1) is 23.3 Å². The molecule has 1 aliphatic carbocycles. The molecular weight excluding hydrogens is 372 g/mol. The van der Waals surface area contributed by atoms with E-state index in [0.717, 1.165) is 29.3 Å². The highest BCUT2D eigenvalue weighted by Crippen LogP contribution is 2.51. The van der Waals surface area contributed by atoms with Gasteiger partial charge in [0.15, 0.2) is 11.5 Å². The summed E-state index contributed by atoms with van der Waals surface area (Å²) < 4.78 is 16.0. The van der Waals surface area contributed by atoms with Gasteiger partial charge in [0.1, 0.15) is 0 Å². The first-order valence-corrected chi connectivity index (χ1v) is 9.60. The molecule has 7 heteroatoms. The van der Waals surface area contributed by atoms with Crippen LogP contribution in [0.15, 0.2) is 42.6 Å². The average molecular weight is 396 g/mol. The van der Waals surface area contributed by atoms with E-state index in [2.05, 4.69) is 10.3 Å². The lowest BCUT2D eigenvalue weighted by atomic mass is 9.94. The molecule has 0 spiro atoms. The van der Waals surface area contributed by atoms with Crippen molar-refractivity contribution >= 4 is 28.5 Å². The number of carbonyl (C=O) groups excluding carboxylic acids is 2. The first kappa shape index (κ1) is 17.6. The fourth-order valence-electron chi connectivity index (χ4n) is 3.79. The molecule has 0 unspecified atom stereocenters. The molecule has 2 N–H and O–H groups in total. The number of amides is 1. The summed E-state index contributed by atoms with van der Waals surface area (Å²) in [6, 6.07) is 11.0. The number of aromatic amines is 1. The fourth-order valence-corrected chi connectivity index (χ4v) is 3.79. The molecule has 0 saturated heterocycles. The van der Waals surface area contributed by atoms with E-state index in [0.29, 0.717) is 22.7 Å². The standard InChI is InChI=1S/C22H20N2O5.2H2/c1-2-27-20(25)15-9-13-5-8-23-16(13)11-17(15)24-21(26)22(6-7-22)14-3-4-18-19(10-14)29-12-28-18;;/h3-5,8-11,23H,2,6-7,12H2,1H3,(H,24,26);2*1H. The van der Waals surface area contributed by atoms with E-state index in [-0.39, 0.29) is 22.2 Å². The van der Waals surface area contributed by atoms with Crippen LogP contribution in [0.25, 0.3) is 10.9 Å². The molecule has 1 aromatic heterocycles. The van der Waals surface area contributed by atoms with Gasteiger partial charge in [0.25, 0.3) is 0 Å². The molecule has 2 aliphatic rings. The SMILES string of the molecule is CCOC(=O)c1cc2cc[nH]c2cc1NC(=O)C1(c2ccc3c(c2)OCO3)CC1.[HH].[HH]. The van der Waals surface area contributed by atoms with Crippen LogP contribution in [0.2, 0.25) is 0 Å². The maximum absolute atomic E-state index is 13.3. The van der Waals surface area contributed by atoms with Crippen molar-refractivity contribution < 1.29 is 26.7 Å². The van der Waals surface area contributed by atoms with Crippen molar-refractivity contribution in [1.82, 2.24) is 4.98 Å². The van der Waals surface area contributed by atoms with E-state index in [4.69, 9.17) is 14.2 Å². The minimum atomic E-state index is -0.627. The molecule has 29 heavy (non-hydrogen) atoms. The molecule has 1 amide bonds. The predicted octanol–water partition coefficient (Wildman–Crippen LogP) is 4.24. The van der Waals surface area contributed by atoms with Crippen molar-refractivity contribution in [1.29, 1.82) is 0 Å². The minimum Gasteiger partial charge on any atom is -0.462 e. The van der Waals surface area contributed by atoms with Gasteiger partial charge in [-0.3, -0.25) is 4.79 Å². The number of ether oxygens (including phenoxy) is 3. The number of hydrogen-bond donors (Lipinski definition) is 2. The van der Waals surface area contributed by atoms with Crippen molar-refractivity contribution in [2.45, 2.75) is 25.2 Å². The molecule has 152 valence electrons. The quantitative estimate of drug-likeness (QED) is 0.630. The molecule has 0 atom stereocenters. The molecule has 5 rings (SSSR count). The van der Waals surface area contributed by atoms with Gasteiger partial charge in [-0.1, -0.05) is 6.07 Å². The Morgan fingerprint density at radius 3 is 2.79 bits per heavy atom. The van der Waals surface area contributed by atoms with E-state index >= 15 is 0 Å². The van der Waals surface area contributed by atoms with Crippen molar-refractivity contribution in [3.63, 3.8) is 0 Å². The Balaban J connectivity index is 0.00000136. The second-order valence-electron chi connectivity index (χ2n) is 7.29. The molecular formula is C22H24N2O5. The topological polar surface area (TPSA) is 89.7 Å². The smallest absolute Gasteiger partial charge is 0.340 e. The summed E-state index contributed by atoms with van der Waals surface area (Å²) in [7, 11) is 0. The van der Waals surface area contributed by atoms with E-state index in [1.54, 1.807) is 25.3 Å². The van der Waals surface area contributed by atoms with Crippen LogP contribution in [0, 0.1) is 0 Å². The van der Waals surface area contributed by atoms with Gasteiger partial charge >= 0.3 is 5.97 Å². The molecule has 1 aliphatic heterocycles. The summed E-state index contributed by atoms with van der Waals surface area (Å²) in [5.74, 6) is 0.736. The van der Waals surface area contributed by atoms with Crippen LogP contribution in [0.1, 0.15) is 38.5 Å². The van der Waals surface area contributed by atoms with E-state index in [1.807, 2.05) is 24.3 Å². The first-order valence-electron chi connectivity index (χ1n) is 9.60. The monoisotopic (exact) mass is 396 g/mol. The van der Waals surface area contributed by atoms with Crippen LogP contribution in [0.4, 0.5) is 5.69 Å². The van der Waals surface area contributed by atoms with Gasteiger partial charge in [-0.2, -0.15) is 0 Å². The van der Waals surface area contributed by atoms with Gasteiger partial charge in [-0.05, 0) is 55.7 Å². The van der Waals surface area contributed by atoms with Crippen LogP contribution in [-0.4, -0.2) is 30.3 Å². The van der Waals surface area contributed by atoms with Gasteiger partial charge in [-0.15, -0.1) is 0 Å². The van der Waals surface area contributed by atoms with Gasteiger partial charge in [0, 0.05) is 20.0 Å². The number of esters is 1. The third-order valence-electron chi connectivity index (χ3n) is 5.54. The Labute approximate surface area is 169 Å². The second kappa shape index (κ2) is 6.55. The summed E-state index contributed by atoms with van der Waals surface area (Å²) in [4.78, 5) is 28.8. The van der Waals surface area contributed by atoms with Gasteiger partial charge < -0.3 is 24.5 Å². The molecule has 3 aromatic rings. The Bertz CT molecular complexity index is 1140. The molecule has 7 nitrogen and oxygen atoms in total. The van der Waals surface area contributed by atoms with E-state index in [9.17, 15) is 9.59 Å². The molecule has 2 heterocycles. The zero-order valence-electron chi connectivity index (χ0n) is 15.9. The largest absolute Gasteiger partial charge is 0.462 e. The summed E-state index contributed by atoms with van der Waals surface area (Å²) in [6.07, 6.45) is 3.26. The van der Waals surface area contributed by atoms with Crippen molar-refractivity contribution in [3.8, 4) is 11.5 Å². The van der Waals surface area contributed by atoms with Crippen LogP contribution < -0.4 is 14.8 Å². The lowest BCUT2D eigenvalue weighted by molar-refractivity contribution is -0.118. The van der Waals surface area contributed by atoms with Crippen molar-refractivity contribution in [2.75, 3.05) is 18.7 Å². The highest BCUT2D eigenvalue weighted by atomic mass is 16.7. The highest BCUT2D eigenvalue weighted by Gasteiger charge is 2.52. The molecule has 0 bridgehead atoms. The highest BCUT2D eigenvalue weighted by molar-refractivity contribution is 6.08. The van der Waals surface area contributed by atoms with Crippen LogP contribution in [-0.2, 0) is 14.9 Å². The van der Waals surface area contributed by atoms with Crippen molar-refractivity contribution in [2.24, 2.45) is 0 Å². The maximum Gasteiger partial charge on any atom is 0.340 e. The first-order chi connectivity index (χ1) is 14.1. The van der Waals surface area contributed by atoms with E-state index in [1.165, 1.54) is 0 Å². The fraction of sp³-hybridized carbons (Fsp3) is 0.273. The summed E-state index contributed by atoms with van der Waals surface area (Å²) in [5.41, 5.74) is 1.88. The number of anilines is 1. The number of fused-ring (bicyclic) bond motifs is 2. The number of rotatable bonds is 5. The third kappa shape index (κ3) is 2.90. The predicted molar refractivity (Wildman–Crippen MR) is 111 cm³/mol. The third-order valence-corrected chi connectivity index (χ3v) is 5.54. The van der Waals surface area contributed by atoms with Gasteiger partial charge in [0.2, 0.25) is 12.7 Å². The summed E-state index contributed by atoms with van der Waals surface area (Å²) in [6.45, 7) is 2.21. The average Bonchev–Trinajstić information content (AvgIpc) is 3.18. The molecule has 1 saturated carbocycles. The maximum atomic E-state index is 13.3. The normalized spacial score (nSPS) is 15.9. The number of benzene rings is 2. The number of hydrogen-bond acceptors (Lipinski definition) is 5. The van der Waals surface area contributed by atoms with Crippen LogP contribution >= 0.6 is 0 Å². The number of nitrogens with one attached hydrogen (secondary N) is 2. The zero-order valence-corrected chi connectivity index (χ0v) is 15.9. The Morgan fingerprint density at radius 1 is 1.17 bits per heavy atom. The van der Waals surface area contributed by atoms with Crippen molar-refractivity contribution in [3.05, 3.63) is 53.7 Å². The number of H-pyrrole nitrogens is 1. The van der Waals surface area contributed by atoms with Gasteiger partial charge in [-0.25, -0.2) is 4.79 Å². The Kier molecular flexibility index (Phi) is 3.97. The Morgan fingerprint density at radius 2 is 2.00 bits per heavy atom.